The number of nitro groups is 1. The van der Waals surface area contributed by atoms with E-state index in [4.69, 9.17) is 0 Å². The number of halogens is 1. The third kappa shape index (κ3) is 3.81. The molecular weight excluding hydrogens is 336 g/mol. The van der Waals surface area contributed by atoms with Crippen molar-refractivity contribution in [1.82, 2.24) is 5.32 Å². The number of rotatable bonds is 4. The highest BCUT2D eigenvalue weighted by Crippen LogP contribution is 2.29. The van der Waals surface area contributed by atoms with E-state index in [-0.39, 0.29) is 22.1 Å². The van der Waals surface area contributed by atoms with Crippen molar-refractivity contribution in [3.05, 3.63) is 38.3 Å². The zero-order chi connectivity index (χ0) is 15.4. The van der Waals surface area contributed by atoms with Crippen LogP contribution in [0.3, 0.4) is 0 Å². The van der Waals surface area contributed by atoms with Crippen LogP contribution < -0.4 is 5.32 Å². The summed E-state index contributed by atoms with van der Waals surface area (Å²) in [4.78, 5) is 22.7. The molecule has 0 heterocycles. The Bertz CT molecular complexity index is 542. The Morgan fingerprint density at radius 2 is 2.05 bits per heavy atom. The predicted octanol–water partition coefficient (Wildman–Crippen LogP) is 4.06. The maximum absolute atomic E-state index is 12.3. The van der Waals surface area contributed by atoms with Crippen LogP contribution in [0.5, 0.6) is 0 Å². The molecule has 0 spiro atoms. The van der Waals surface area contributed by atoms with Gasteiger partial charge in [-0.05, 0) is 47.7 Å². The quantitative estimate of drug-likeness (QED) is 0.654. The fourth-order valence-corrected chi connectivity index (χ4v) is 3.46. The Hall–Kier alpha value is -1.43. The van der Waals surface area contributed by atoms with Gasteiger partial charge in [0.05, 0.1) is 10.5 Å². The van der Waals surface area contributed by atoms with E-state index in [1.165, 1.54) is 31.4 Å². The minimum Gasteiger partial charge on any atom is -0.349 e. The fraction of sp³-hybridized carbons (Fsp3) is 0.533. The van der Waals surface area contributed by atoms with E-state index >= 15 is 0 Å². The molecule has 1 aromatic rings. The molecule has 114 valence electrons. The molecule has 1 unspecified atom stereocenters. The van der Waals surface area contributed by atoms with Crippen molar-refractivity contribution >= 4 is 27.5 Å². The van der Waals surface area contributed by atoms with Crippen molar-refractivity contribution in [2.24, 2.45) is 5.92 Å². The van der Waals surface area contributed by atoms with Gasteiger partial charge in [-0.1, -0.05) is 25.3 Å². The van der Waals surface area contributed by atoms with Crippen LogP contribution in [-0.4, -0.2) is 16.9 Å². The van der Waals surface area contributed by atoms with Crippen LogP contribution in [0.2, 0.25) is 0 Å². The number of amides is 1. The number of nitrogens with one attached hydrogen (secondary N) is 1. The molecule has 2 rings (SSSR count). The van der Waals surface area contributed by atoms with E-state index in [9.17, 15) is 14.9 Å². The lowest BCUT2D eigenvalue weighted by Gasteiger charge is -2.28. The molecule has 0 radical (unpaired) electrons. The van der Waals surface area contributed by atoms with Gasteiger partial charge in [-0.3, -0.25) is 14.9 Å². The molecule has 1 aliphatic rings. The topological polar surface area (TPSA) is 72.2 Å². The van der Waals surface area contributed by atoms with Gasteiger partial charge in [-0.2, -0.15) is 0 Å². The average molecular weight is 355 g/mol. The lowest BCUT2D eigenvalue weighted by molar-refractivity contribution is -0.385. The van der Waals surface area contributed by atoms with Gasteiger partial charge in [0.2, 0.25) is 0 Å². The standard InChI is InChI=1S/C15H19BrN2O3/c1-10(11-6-3-2-4-7-11)17-15(19)12-8-5-9-13(14(12)16)18(20)21/h5,8-11H,2-4,6-7H2,1H3,(H,17,19). The highest BCUT2D eigenvalue weighted by atomic mass is 79.9. The summed E-state index contributed by atoms with van der Waals surface area (Å²) in [6, 6.07) is 4.60. The van der Waals surface area contributed by atoms with E-state index in [1.54, 1.807) is 6.07 Å². The molecule has 0 aliphatic heterocycles. The van der Waals surface area contributed by atoms with Crippen LogP contribution >= 0.6 is 15.9 Å². The molecule has 21 heavy (non-hydrogen) atoms. The summed E-state index contributed by atoms with van der Waals surface area (Å²) < 4.78 is 0.239. The number of hydrogen-bond acceptors (Lipinski definition) is 3. The fourth-order valence-electron chi connectivity index (χ4n) is 2.87. The summed E-state index contributed by atoms with van der Waals surface area (Å²) in [5, 5.41) is 13.9. The molecule has 0 aromatic heterocycles. The number of carbonyl (C=O) groups is 1. The Labute approximate surface area is 132 Å². The highest BCUT2D eigenvalue weighted by Gasteiger charge is 2.24. The Morgan fingerprint density at radius 3 is 2.67 bits per heavy atom. The maximum Gasteiger partial charge on any atom is 0.284 e. The Balaban J connectivity index is 2.09. The predicted molar refractivity (Wildman–Crippen MR) is 84.3 cm³/mol. The molecule has 1 fully saturated rings. The van der Waals surface area contributed by atoms with Gasteiger partial charge in [-0.15, -0.1) is 0 Å². The number of nitrogens with zero attached hydrogens (tertiary/aromatic N) is 1. The van der Waals surface area contributed by atoms with Crippen molar-refractivity contribution in [2.45, 2.75) is 45.1 Å². The molecule has 0 saturated heterocycles. The van der Waals surface area contributed by atoms with Crippen LogP contribution in [-0.2, 0) is 0 Å². The minimum absolute atomic E-state index is 0.0870. The highest BCUT2D eigenvalue weighted by molar-refractivity contribution is 9.10. The first-order valence-electron chi connectivity index (χ1n) is 7.24. The molecule has 6 heteroatoms. The van der Waals surface area contributed by atoms with Crippen molar-refractivity contribution in [1.29, 1.82) is 0 Å². The summed E-state index contributed by atoms with van der Waals surface area (Å²) in [6.07, 6.45) is 5.97. The average Bonchev–Trinajstić information content (AvgIpc) is 2.47. The third-order valence-electron chi connectivity index (χ3n) is 4.14. The summed E-state index contributed by atoms with van der Waals surface area (Å²) in [5.41, 5.74) is 0.222. The van der Waals surface area contributed by atoms with Gasteiger partial charge in [0.15, 0.2) is 0 Å². The molecule has 1 aliphatic carbocycles. The van der Waals surface area contributed by atoms with Gasteiger partial charge in [0.1, 0.15) is 4.47 Å². The minimum atomic E-state index is -0.495. The van der Waals surface area contributed by atoms with Crippen LogP contribution in [0.4, 0.5) is 5.69 Å². The largest absolute Gasteiger partial charge is 0.349 e. The molecular formula is C15H19BrN2O3. The molecule has 1 atom stereocenters. The van der Waals surface area contributed by atoms with Gasteiger partial charge in [0.25, 0.3) is 11.6 Å². The van der Waals surface area contributed by atoms with Crippen molar-refractivity contribution < 1.29 is 9.72 Å². The molecule has 0 bridgehead atoms. The smallest absolute Gasteiger partial charge is 0.284 e. The van der Waals surface area contributed by atoms with Crippen LogP contribution in [0.25, 0.3) is 0 Å². The zero-order valence-corrected chi connectivity index (χ0v) is 13.6. The normalized spacial score (nSPS) is 17.2. The second-order valence-corrected chi connectivity index (χ2v) is 6.35. The van der Waals surface area contributed by atoms with Gasteiger partial charge in [0, 0.05) is 12.1 Å². The molecule has 1 amide bonds. The Morgan fingerprint density at radius 1 is 1.38 bits per heavy atom. The van der Waals surface area contributed by atoms with Gasteiger partial charge < -0.3 is 5.32 Å². The van der Waals surface area contributed by atoms with E-state index in [1.807, 2.05) is 6.92 Å². The first-order valence-corrected chi connectivity index (χ1v) is 8.03. The van der Waals surface area contributed by atoms with Gasteiger partial charge >= 0.3 is 0 Å². The monoisotopic (exact) mass is 354 g/mol. The lowest BCUT2D eigenvalue weighted by Crippen LogP contribution is -2.39. The summed E-state index contributed by atoms with van der Waals surface area (Å²) >= 11 is 3.17. The van der Waals surface area contributed by atoms with Crippen molar-refractivity contribution in [2.75, 3.05) is 0 Å². The summed E-state index contributed by atoms with van der Waals surface area (Å²) in [7, 11) is 0. The third-order valence-corrected chi connectivity index (χ3v) is 4.97. The van der Waals surface area contributed by atoms with E-state index in [0.29, 0.717) is 11.5 Å². The zero-order valence-electron chi connectivity index (χ0n) is 12.0. The number of hydrogen-bond donors (Lipinski definition) is 1. The Kier molecular flexibility index (Phi) is 5.33. The molecule has 1 saturated carbocycles. The van der Waals surface area contributed by atoms with E-state index < -0.39 is 4.92 Å². The second-order valence-electron chi connectivity index (χ2n) is 5.56. The van der Waals surface area contributed by atoms with E-state index in [2.05, 4.69) is 21.2 Å². The lowest BCUT2D eigenvalue weighted by atomic mass is 9.84. The second kappa shape index (κ2) is 7.02. The first kappa shape index (κ1) is 15.9. The molecule has 1 N–H and O–H groups in total. The van der Waals surface area contributed by atoms with Crippen LogP contribution in [0.15, 0.2) is 22.7 Å². The first-order chi connectivity index (χ1) is 10.0. The van der Waals surface area contributed by atoms with Gasteiger partial charge in [-0.25, -0.2) is 0 Å². The summed E-state index contributed by atoms with van der Waals surface area (Å²) in [5.74, 6) is 0.240. The number of nitro benzene ring substituents is 1. The molecule has 5 nitrogen and oxygen atoms in total. The number of carbonyl (C=O) groups excluding carboxylic acids is 1. The maximum atomic E-state index is 12.3. The summed E-state index contributed by atoms with van der Waals surface area (Å²) in [6.45, 7) is 2.01. The SMILES string of the molecule is CC(NC(=O)c1cccc([N+](=O)[O-])c1Br)C1CCCCC1. The van der Waals surface area contributed by atoms with Crippen molar-refractivity contribution in [3.63, 3.8) is 0 Å². The van der Waals surface area contributed by atoms with Crippen molar-refractivity contribution in [3.8, 4) is 0 Å². The number of benzene rings is 1. The van der Waals surface area contributed by atoms with Crippen LogP contribution in [0, 0.1) is 16.0 Å². The van der Waals surface area contributed by atoms with Crippen LogP contribution in [0.1, 0.15) is 49.4 Å². The molecule has 1 aromatic carbocycles. The van der Waals surface area contributed by atoms with E-state index in [0.717, 1.165) is 12.8 Å².